The third-order valence-electron chi connectivity index (χ3n) is 1.49. The lowest BCUT2D eigenvalue weighted by Gasteiger charge is -2.04. The van der Waals surface area contributed by atoms with Gasteiger partial charge in [0.1, 0.15) is 0 Å². The van der Waals surface area contributed by atoms with Gasteiger partial charge in [-0.1, -0.05) is 11.6 Å². The van der Waals surface area contributed by atoms with E-state index < -0.39 is 14.8 Å². The molecule has 0 aliphatic carbocycles. The number of hydrogen-bond donors (Lipinski definition) is 3. The van der Waals surface area contributed by atoms with E-state index >= 15 is 0 Å². The summed E-state index contributed by atoms with van der Waals surface area (Å²) in [6.07, 6.45) is 0. The summed E-state index contributed by atoms with van der Waals surface area (Å²) in [6, 6.07) is 3.87. The van der Waals surface area contributed by atoms with Crippen LogP contribution in [0.2, 0.25) is 5.02 Å². The number of carboxylic acids is 1. The first kappa shape index (κ1) is 11.3. The molecule has 1 aromatic rings. The molecule has 0 atom stereocenters. The van der Waals surface area contributed by atoms with E-state index in [0.717, 1.165) is 6.07 Å². The molecule has 0 bridgehead atoms. The molecule has 0 aliphatic rings. The molecule has 0 radical (unpaired) electrons. The van der Waals surface area contributed by atoms with Crippen molar-refractivity contribution in [3.8, 4) is 0 Å². The Bertz CT molecular complexity index is 484. The van der Waals surface area contributed by atoms with E-state index in [1.165, 1.54) is 12.1 Å². The number of carbonyl (C=O) groups is 1. The van der Waals surface area contributed by atoms with Gasteiger partial charge in [0.15, 0.2) is 0 Å². The van der Waals surface area contributed by atoms with Gasteiger partial charge in [-0.3, -0.25) is 9.56 Å². The van der Waals surface area contributed by atoms with Gasteiger partial charge in [0.05, 0.1) is 10.6 Å². The van der Waals surface area contributed by atoms with Crippen LogP contribution in [0, 0.1) is 9.56 Å². The van der Waals surface area contributed by atoms with Crippen molar-refractivity contribution in [2.24, 2.45) is 0 Å². The molecule has 0 amide bonds. The van der Waals surface area contributed by atoms with Crippen LogP contribution in [0.15, 0.2) is 23.1 Å². The Labute approximate surface area is 90.4 Å². The molecule has 0 fully saturated rings. The number of aromatic carboxylic acids is 1. The molecule has 14 heavy (non-hydrogen) atoms. The van der Waals surface area contributed by atoms with Gasteiger partial charge in [-0.15, -0.1) is 0 Å². The monoisotopic (exact) mass is 252 g/mol. The fourth-order valence-electron chi connectivity index (χ4n) is 0.843. The standard InChI is InChI=1S/C7H6Cl2N2O2S/c8-6-2-1-4(14(9,10)11)3-5(6)7(12)13/h1-3,10-11H,(H,12,13). The van der Waals surface area contributed by atoms with Crippen LogP contribution in [0.1, 0.15) is 10.4 Å². The van der Waals surface area contributed by atoms with Gasteiger partial charge < -0.3 is 5.11 Å². The Morgan fingerprint density at radius 3 is 2.43 bits per heavy atom. The van der Waals surface area contributed by atoms with Gasteiger partial charge >= 0.3 is 5.97 Å². The molecule has 0 saturated heterocycles. The normalized spacial score (nSPS) is 11.3. The quantitative estimate of drug-likeness (QED) is 0.755. The number of hydrogen-bond acceptors (Lipinski definition) is 3. The van der Waals surface area contributed by atoms with E-state index in [1.807, 2.05) is 0 Å². The van der Waals surface area contributed by atoms with Crippen molar-refractivity contribution in [3.05, 3.63) is 28.8 Å². The molecule has 0 unspecified atom stereocenters. The first-order chi connectivity index (χ1) is 6.32. The third-order valence-corrected chi connectivity index (χ3v) is 3.26. The number of carboxylic acid groups (broad SMARTS) is 1. The maximum absolute atomic E-state index is 10.7. The second-order valence-electron chi connectivity index (χ2n) is 2.48. The molecule has 4 nitrogen and oxygen atoms in total. The maximum Gasteiger partial charge on any atom is 0.337 e. The maximum atomic E-state index is 10.7. The van der Waals surface area contributed by atoms with Gasteiger partial charge in [-0.25, -0.2) is 4.79 Å². The van der Waals surface area contributed by atoms with Crippen LogP contribution >= 0.6 is 22.3 Å². The van der Waals surface area contributed by atoms with Crippen molar-refractivity contribution in [1.29, 1.82) is 9.56 Å². The van der Waals surface area contributed by atoms with E-state index in [1.54, 1.807) is 0 Å². The summed E-state index contributed by atoms with van der Waals surface area (Å²) in [5.41, 5.74) is -0.138. The van der Waals surface area contributed by atoms with Crippen molar-refractivity contribution in [2.45, 2.75) is 4.90 Å². The summed E-state index contributed by atoms with van der Waals surface area (Å²) in [4.78, 5) is 10.8. The largest absolute Gasteiger partial charge is 0.478 e. The zero-order chi connectivity index (χ0) is 10.9. The molecule has 76 valence electrons. The molecule has 0 spiro atoms. The van der Waals surface area contributed by atoms with Crippen LogP contribution in [0.4, 0.5) is 0 Å². The predicted octanol–water partition coefficient (Wildman–Crippen LogP) is 3.23. The van der Waals surface area contributed by atoms with Crippen molar-refractivity contribution in [2.75, 3.05) is 0 Å². The highest BCUT2D eigenvalue weighted by atomic mass is 35.7. The molecule has 1 aromatic carbocycles. The van der Waals surface area contributed by atoms with Gasteiger partial charge in [0.25, 0.3) is 0 Å². The number of halogens is 2. The molecular weight excluding hydrogens is 247 g/mol. The van der Waals surface area contributed by atoms with Crippen LogP contribution in [0.3, 0.4) is 0 Å². The minimum absolute atomic E-state index is 0.0709. The summed E-state index contributed by atoms with van der Waals surface area (Å²) in [7, 11) is 2.54. The average Bonchev–Trinajstić information content (AvgIpc) is 2.02. The van der Waals surface area contributed by atoms with Crippen molar-refractivity contribution in [3.63, 3.8) is 0 Å². The van der Waals surface area contributed by atoms with Crippen LogP contribution < -0.4 is 0 Å². The highest BCUT2D eigenvalue weighted by Crippen LogP contribution is 2.23. The van der Waals surface area contributed by atoms with Crippen molar-refractivity contribution in [1.82, 2.24) is 0 Å². The minimum Gasteiger partial charge on any atom is -0.478 e. The van der Waals surface area contributed by atoms with Crippen molar-refractivity contribution >= 4 is 37.1 Å². The van der Waals surface area contributed by atoms with Crippen LogP contribution in [0.25, 0.3) is 0 Å². The summed E-state index contributed by atoms with van der Waals surface area (Å²) >= 11 is 5.60. The van der Waals surface area contributed by atoms with Gasteiger partial charge in [0.2, 0.25) is 0 Å². The van der Waals surface area contributed by atoms with Gasteiger partial charge in [-0.2, -0.15) is 0 Å². The van der Waals surface area contributed by atoms with E-state index in [9.17, 15) is 4.79 Å². The fraction of sp³-hybridized carbons (Fsp3) is 0. The van der Waals surface area contributed by atoms with Crippen LogP contribution in [0.5, 0.6) is 0 Å². The number of rotatable bonds is 2. The lowest BCUT2D eigenvalue weighted by molar-refractivity contribution is 0.0697. The molecule has 0 saturated carbocycles. The Hall–Kier alpha value is -0.780. The second-order valence-corrected chi connectivity index (χ2v) is 5.83. The lowest BCUT2D eigenvalue weighted by atomic mass is 10.2. The topological polar surface area (TPSA) is 85.0 Å². The van der Waals surface area contributed by atoms with E-state index in [4.69, 9.17) is 36.9 Å². The Balaban J connectivity index is 3.42. The molecule has 0 aliphatic heterocycles. The Morgan fingerprint density at radius 1 is 1.43 bits per heavy atom. The van der Waals surface area contributed by atoms with Crippen molar-refractivity contribution < 1.29 is 9.90 Å². The van der Waals surface area contributed by atoms with Crippen LogP contribution in [-0.2, 0) is 8.83 Å². The zero-order valence-corrected chi connectivity index (χ0v) is 9.08. The average molecular weight is 253 g/mol. The highest BCUT2D eigenvalue weighted by molar-refractivity contribution is 8.15. The molecule has 7 heteroatoms. The number of nitrogens with one attached hydrogen (secondary N) is 2. The minimum atomic E-state index is -2.93. The SMILES string of the molecule is N=S(=N)(Cl)c1ccc(Cl)c(C(=O)O)c1. The molecular formula is C7H6Cl2N2O2S. The van der Waals surface area contributed by atoms with E-state index in [2.05, 4.69) is 0 Å². The second kappa shape index (κ2) is 3.76. The first-order valence-electron chi connectivity index (χ1n) is 3.37. The number of benzene rings is 1. The summed E-state index contributed by atoms with van der Waals surface area (Å²) in [5, 5.41) is 8.79. The van der Waals surface area contributed by atoms with Gasteiger partial charge in [-0.05, 0) is 28.9 Å². The smallest absolute Gasteiger partial charge is 0.337 e. The summed E-state index contributed by atoms with van der Waals surface area (Å²) < 4.78 is 14.5. The summed E-state index contributed by atoms with van der Waals surface area (Å²) in [5.74, 6) is -1.20. The lowest BCUT2D eigenvalue weighted by Crippen LogP contribution is -1.99. The first-order valence-corrected chi connectivity index (χ1v) is 6.21. The predicted molar refractivity (Wildman–Crippen MR) is 55.3 cm³/mol. The highest BCUT2D eigenvalue weighted by Gasteiger charge is 2.11. The molecule has 0 aromatic heterocycles. The molecule has 1 rings (SSSR count). The van der Waals surface area contributed by atoms with Gasteiger partial charge in [0, 0.05) is 13.7 Å². The summed E-state index contributed by atoms with van der Waals surface area (Å²) in [6.45, 7) is 0. The fourth-order valence-corrected chi connectivity index (χ4v) is 1.87. The Kier molecular flexibility index (Phi) is 3.04. The zero-order valence-electron chi connectivity index (χ0n) is 6.75. The molecule has 0 heterocycles. The van der Waals surface area contributed by atoms with E-state index in [0.29, 0.717) is 0 Å². The van der Waals surface area contributed by atoms with Crippen LogP contribution in [-0.4, -0.2) is 11.1 Å². The Morgan fingerprint density at radius 2 is 2.00 bits per heavy atom. The third kappa shape index (κ3) is 2.37. The van der Waals surface area contributed by atoms with E-state index in [-0.39, 0.29) is 15.5 Å². The molecule has 3 N–H and O–H groups in total.